The third kappa shape index (κ3) is 4.31. The molecule has 0 spiro atoms. The summed E-state index contributed by atoms with van der Waals surface area (Å²) < 4.78 is 26.1. The molecule has 110 valence electrons. The van der Waals surface area contributed by atoms with Gasteiger partial charge in [-0.15, -0.1) is 0 Å². The minimum atomic E-state index is -0.835. The van der Waals surface area contributed by atoms with Crippen molar-refractivity contribution in [2.75, 3.05) is 17.2 Å². The van der Waals surface area contributed by atoms with Crippen LogP contribution in [0.2, 0.25) is 10.0 Å². The lowest BCUT2D eigenvalue weighted by molar-refractivity contribution is -0.114. The van der Waals surface area contributed by atoms with Crippen LogP contribution >= 0.6 is 23.2 Å². The predicted molar refractivity (Wildman–Crippen MR) is 79.9 cm³/mol. The molecule has 0 aliphatic rings. The Morgan fingerprint density at radius 2 is 1.81 bits per heavy atom. The van der Waals surface area contributed by atoms with E-state index in [1.54, 1.807) is 18.2 Å². The maximum atomic E-state index is 13.4. The highest BCUT2D eigenvalue weighted by Crippen LogP contribution is 2.24. The number of halogens is 4. The lowest BCUT2D eigenvalue weighted by atomic mass is 10.3. The van der Waals surface area contributed by atoms with Crippen molar-refractivity contribution in [3.8, 4) is 0 Å². The molecular formula is C14H10Cl2F2N2O. The molecule has 7 heteroatoms. The van der Waals surface area contributed by atoms with Crippen LogP contribution in [0, 0.1) is 11.6 Å². The second-order valence-corrected chi connectivity index (χ2v) is 4.97. The van der Waals surface area contributed by atoms with Crippen molar-refractivity contribution in [1.29, 1.82) is 0 Å². The fraction of sp³-hybridized carbons (Fsp3) is 0.0714. The van der Waals surface area contributed by atoms with Crippen LogP contribution in [0.25, 0.3) is 0 Å². The van der Waals surface area contributed by atoms with Gasteiger partial charge < -0.3 is 10.6 Å². The summed E-state index contributed by atoms with van der Waals surface area (Å²) in [5, 5.41) is 5.90. The first-order valence-corrected chi connectivity index (χ1v) is 6.65. The molecule has 0 saturated carbocycles. The Morgan fingerprint density at radius 3 is 2.48 bits per heavy atom. The molecule has 0 bridgehead atoms. The number of hydrogen-bond donors (Lipinski definition) is 2. The lowest BCUT2D eigenvalue weighted by Crippen LogP contribution is -2.22. The van der Waals surface area contributed by atoms with E-state index in [9.17, 15) is 13.6 Å². The molecule has 0 unspecified atom stereocenters. The number of hydrogen-bond acceptors (Lipinski definition) is 2. The average molecular weight is 331 g/mol. The van der Waals surface area contributed by atoms with Crippen molar-refractivity contribution in [2.24, 2.45) is 0 Å². The molecule has 0 aliphatic carbocycles. The van der Waals surface area contributed by atoms with Crippen molar-refractivity contribution in [3.63, 3.8) is 0 Å². The van der Waals surface area contributed by atoms with Crippen molar-refractivity contribution >= 4 is 40.5 Å². The fourth-order valence-electron chi connectivity index (χ4n) is 1.57. The van der Waals surface area contributed by atoms with Crippen LogP contribution < -0.4 is 10.6 Å². The van der Waals surface area contributed by atoms with Crippen LogP contribution in [0.4, 0.5) is 20.2 Å². The van der Waals surface area contributed by atoms with E-state index in [2.05, 4.69) is 10.6 Å². The summed E-state index contributed by atoms with van der Waals surface area (Å²) in [6, 6.07) is 7.72. The second kappa shape index (κ2) is 6.74. The van der Waals surface area contributed by atoms with Crippen LogP contribution in [0.15, 0.2) is 36.4 Å². The van der Waals surface area contributed by atoms with Gasteiger partial charge in [0.1, 0.15) is 11.6 Å². The molecule has 0 saturated heterocycles. The first-order chi connectivity index (χ1) is 9.95. The average Bonchev–Trinajstić information content (AvgIpc) is 2.43. The molecule has 21 heavy (non-hydrogen) atoms. The normalized spacial score (nSPS) is 10.3. The highest BCUT2D eigenvalue weighted by Gasteiger charge is 2.08. The van der Waals surface area contributed by atoms with Gasteiger partial charge in [-0.1, -0.05) is 23.2 Å². The largest absolute Gasteiger partial charge is 0.376 e. The Hall–Kier alpha value is -1.85. The Labute approximate surface area is 129 Å². The van der Waals surface area contributed by atoms with Crippen LogP contribution in [0.3, 0.4) is 0 Å². The number of amides is 1. The molecule has 3 nitrogen and oxygen atoms in total. The van der Waals surface area contributed by atoms with E-state index < -0.39 is 17.5 Å². The van der Waals surface area contributed by atoms with Crippen LogP contribution in [-0.4, -0.2) is 12.5 Å². The number of rotatable bonds is 4. The van der Waals surface area contributed by atoms with Gasteiger partial charge in [-0.2, -0.15) is 0 Å². The van der Waals surface area contributed by atoms with Gasteiger partial charge in [0.05, 0.1) is 22.3 Å². The van der Waals surface area contributed by atoms with E-state index in [1.807, 2.05) is 0 Å². The highest BCUT2D eigenvalue weighted by molar-refractivity contribution is 6.42. The summed E-state index contributed by atoms with van der Waals surface area (Å²) in [4.78, 5) is 11.7. The van der Waals surface area contributed by atoms with E-state index in [1.165, 1.54) is 0 Å². The Morgan fingerprint density at radius 1 is 1.05 bits per heavy atom. The Bertz CT molecular complexity index is 680. The van der Waals surface area contributed by atoms with Gasteiger partial charge >= 0.3 is 0 Å². The molecule has 0 fully saturated rings. The van der Waals surface area contributed by atoms with E-state index in [4.69, 9.17) is 23.2 Å². The fourth-order valence-corrected chi connectivity index (χ4v) is 1.87. The maximum Gasteiger partial charge on any atom is 0.243 e. The number of carbonyl (C=O) groups excluding carboxylic acids is 1. The molecule has 2 aromatic carbocycles. The monoisotopic (exact) mass is 330 g/mol. The van der Waals surface area contributed by atoms with Gasteiger partial charge in [0.2, 0.25) is 5.91 Å². The number of carbonyl (C=O) groups is 1. The topological polar surface area (TPSA) is 41.1 Å². The third-order valence-electron chi connectivity index (χ3n) is 2.58. The van der Waals surface area contributed by atoms with Crippen molar-refractivity contribution in [1.82, 2.24) is 0 Å². The zero-order valence-electron chi connectivity index (χ0n) is 10.6. The van der Waals surface area contributed by atoms with Crippen molar-refractivity contribution in [3.05, 3.63) is 58.1 Å². The Kier molecular flexibility index (Phi) is 4.98. The second-order valence-electron chi connectivity index (χ2n) is 4.15. The van der Waals surface area contributed by atoms with E-state index in [-0.39, 0.29) is 12.2 Å². The minimum Gasteiger partial charge on any atom is -0.376 e. The first kappa shape index (κ1) is 15.5. The van der Waals surface area contributed by atoms with E-state index >= 15 is 0 Å². The quantitative estimate of drug-likeness (QED) is 0.876. The van der Waals surface area contributed by atoms with Gasteiger partial charge in [-0.3, -0.25) is 4.79 Å². The highest BCUT2D eigenvalue weighted by atomic mass is 35.5. The van der Waals surface area contributed by atoms with E-state index in [0.717, 1.165) is 12.1 Å². The smallest absolute Gasteiger partial charge is 0.243 e. The molecule has 0 aliphatic heterocycles. The van der Waals surface area contributed by atoms with Gasteiger partial charge in [-0.25, -0.2) is 8.78 Å². The standard InChI is InChI=1S/C14H10Cl2F2N2O/c15-10-3-2-9(6-11(10)16)19-7-14(21)20-13-4-1-8(17)5-12(13)18/h1-6,19H,7H2,(H,20,21). The van der Waals surface area contributed by atoms with Crippen molar-refractivity contribution < 1.29 is 13.6 Å². The zero-order chi connectivity index (χ0) is 15.4. The van der Waals surface area contributed by atoms with Crippen LogP contribution in [0.5, 0.6) is 0 Å². The predicted octanol–water partition coefficient (Wildman–Crippen LogP) is 4.32. The molecule has 2 aromatic rings. The number of benzene rings is 2. The van der Waals surface area contributed by atoms with Crippen molar-refractivity contribution in [2.45, 2.75) is 0 Å². The number of nitrogens with one attached hydrogen (secondary N) is 2. The lowest BCUT2D eigenvalue weighted by Gasteiger charge is -2.09. The Balaban J connectivity index is 1.94. The molecule has 1 amide bonds. The molecular weight excluding hydrogens is 321 g/mol. The molecule has 0 aromatic heterocycles. The maximum absolute atomic E-state index is 13.4. The molecule has 0 radical (unpaired) electrons. The van der Waals surface area contributed by atoms with Crippen LogP contribution in [0.1, 0.15) is 0 Å². The summed E-state index contributed by atoms with van der Waals surface area (Å²) in [5.41, 5.74) is 0.511. The van der Waals surface area contributed by atoms with Crippen LogP contribution in [-0.2, 0) is 4.79 Å². The summed E-state index contributed by atoms with van der Waals surface area (Å²) >= 11 is 11.6. The molecule has 0 heterocycles. The first-order valence-electron chi connectivity index (χ1n) is 5.89. The zero-order valence-corrected chi connectivity index (χ0v) is 12.1. The summed E-state index contributed by atoms with van der Waals surface area (Å²) in [6.07, 6.45) is 0. The SMILES string of the molecule is O=C(CNc1ccc(Cl)c(Cl)c1)Nc1ccc(F)cc1F. The molecule has 2 N–H and O–H groups in total. The van der Waals surface area contributed by atoms with Gasteiger partial charge in [0.25, 0.3) is 0 Å². The number of anilines is 2. The molecule has 2 rings (SSSR count). The third-order valence-corrected chi connectivity index (χ3v) is 3.32. The molecule has 0 atom stereocenters. The summed E-state index contributed by atoms with van der Waals surface area (Å²) in [5.74, 6) is -2.02. The minimum absolute atomic E-state index is 0.0858. The van der Waals surface area contributed by atoms with Gasteiger partial charge in [0.15, 0.2) is 0 Å². The van der Waals surface area contributed by atoms with Gasteiger partial charge in [-0.05, 0) is 30.3 Å². The van der Waals surface area contributed by atoms with Gasteiger partial charge in [0, 0.05) is 11.8 Å². The van der Waals surface area contributed by atoms with E-state index in [0.29, 0.717) is 21.8 Å². The summed E-state index contributed by atoms with van der Waals surface area (Å²) in [7, 11) is 0. The summed E-state index contributed by atoms with van der Waals surface area (Å²) in [6.45, 7) is -0.102.